The van der Waals surface area contributed by atoms with Crippen LogP contribution in [0.15, 0.2) is 63.5 Å². The lowest BCUT2D eigenvalue weighted by Crippen LogP contribution is -1.90. The Labute approximate surface area is 135 Å². The van der Waals surface area contributed by atoms with Gasteiger partial charge in [-0.05, 0) is 48.0 Å². The lowest BCUT2D eigenvalue weighted by atomic mass is 10.1. The van der Waals surface area contributed by atoms with Gasteiger partial charge in [-0.25, -0.2) is 0 Å². The van der Waals surface area contributed by atoms with Crippen LogP contribution in [-0.2, 0) is 0 Å². The number of carbonyl (C=O) groups excluding carboxylic acids is 1. The number of furan rings is 1. The summed E-state index contributed by atoms with van der Waals surface area (Å²) in [5.74, 6) is 0.119. The van der Waals surface area contributed by atoms with Gasteiger partial charge in [0.2, 0.25) is 5.78 Å². The minimum absolute atomic E-state index is 0.192. The van der Waals surface area contributed by atoms with E-state index in [9.17, 15) is 4.79 Å². The molecule has 3 aromatic rings. The van der Waals surface area contributed by atoms with Crippen LogP contribution in [0.5, 0.6) is 0 Å². The van der Waals surface area contributed by atoms with E-state index in [1.807, 2.05) is 36.4 Å². The fourth-order valence-corrected chi connectivity index (χ4v) is 2.57. The summed E-state index contributed by atoms with van der Waals surface area (Å²) in [6.07, 6.45) is 3.15. The van der Waals surface area contributed by atoms with Crippen molar-refractivity contribution < 1.29 is 9.21 Å². The van der Waals surface area contributed by atoms with Crippen LogP contribution < -0.4 is 0 Å². The van der Waals surface area contributed by atoms with Crippen LogP contribution in [0.4, 0.5) is 0 Å². The van der Waals surface area contributed by atoms with E-state index >= 15 is 0 Å². The molecule has 0 saturated carbocycles. The van der Waals surface area contributed by atoms with Crippen LogP contribution in [0.1, 0.15) is 16.1 Å². The maximum atomic E-state index is 12.1. The first-order valence-corrected chi connectivity index (χ1v) is 7.46. The van der Waals surface area contributed by atoms with Gasteiger partial charge in [0.15, 0.2) is 5.76 Å². The van der Waals surface area contributed by atoms with Gasteiger partial charge in [-0.2, -0.15) is 0 Å². The monoisotopic (exact) mass is 360 g/mol. The van der Waals surface area contributed by atoms with Gasteiger partial charge in [-0.3, -0.25) is 4.79 Å². The Morgan fingerprint density at radius 1 is 1.14 bits per heavy atom. The predicted molar refractivity (Wildman–Crippen MR) is 88.7 cm³/mol. The summed E-state index contributed by atoms with van der Waals surface area (Å²) in [5.41, 5.74) is 1.49. The minimum Gasteiger partial charge on any atom is -0.453 e. The van der Waals surface area contributed by atoms with E-state index in [1.54, 1.807) is 18.2 Å². The highest BCUT2D eigenvalue weighted by Crippen LogP contribution is 2.24. The molecule has 0 atom stereocenters. The molecular formula is C17H10BrClO2. The molecule has 2 nitrogen and oxygen atoms in total. The van der Waals surface area contributed by atoms with Crippen LogP contribution in [0.2, 0.25) is 5.02 Å². The second kappa shape index (κ2) is 5.88. The number of allylic oxidation sites excluding steroid dienone is 1. The summed E-state index contributed by atoms with van der Waals surface area (Å²) in [4.78, 5) is 12.1. The number of carbonyl (C=O) groups is 1. The molecule has 0 aliphatic rings. The van der Waals surface area contributed by atoms with Crippen molar-refractivity contribution >= 4 is 50.4 Å². The number of ketones is 1. The Morgan fingerprint density at radius 2 is 1.95 bits per heavy atom. The molecule has 104 valence electrons. The Bertz CT molecular complexity index is 849. The highest BCUT2D eigenvalue weighted by atomic mass is 79.9. The van der Waals surface area contributed by atoms with E-state index in [4.69, 9.17) is 16.0 Å². The van der Waals surface area contributed by atoms with E-state index in [0.29, 0.717) is 16.4 Å². The van der Waals surface area contributed by atoms with Crippen LogP contribution in [0.25, 0.3) is 17.0 Å². The van der Waals surface area contributed by atoms with Gasteiger partial charge in [0.1, 0.15) is 5.58 Å². The molecule has 0 spiro atoms. The molecule has 0 amide bonds. The quantitative estimate of drug-likeness (QED) is 0.439. The summed E-state index contributed by atoms with van der Waals surface area (Å²) in [5, 5.41) is 1.49. The van der Waals surface area contributed by atoms with Crippen molar-refractivity contribution in [2.24, 2.45) is 0 Å². The molecule has 0 aliphatic heterocycles. The molecule has 1 aromatic heterocycles. The molecular weight excluding hydrogens is 352 g/mol. The maximum absolute atomic E-state index is 12.1. The van der Waals surface area contributed by atoms with Gasteiger partial charge in [0.05, 0.1) is 0 Å². The molecule has 21 heavy (non-hydrogen) atoms. The minimum atomic E-state index is -0.192. The molecule has 0 bridgehead atoms. The van der Waals surface area contributed by atoms with E-state index < -0.39 is 0 Å². The van der Waals surface area contributed by atoms with Gasteiger partial charge in [-0.15, -0.1) is 0 Å². The number of hydrogen-bond donors (Lipinski definition) is 0. The summed E-state index contributed by atoms with van der Waals surface area (Å²) < 4.78 is 6.49. The van der Waals surface area contributed by atoms with Crippen molar-refractivity contribution in [3.63, 3.8) is 0 Å². The van der Waals surface area contributed by atoms with E-state index in [0.717, 1.165) is 15.4 Å². The van der Waals surface area contributed by atoms with Crippen molar-refractivity contribution in [3.05, 3.63) is 75.4 Å². The van der Waals surface area contributed by atoms with Crippen molar-refractivity contribution in [1.82, 2.24) is 0 Å². The third-order valence-corrected chi connectivity index (χ3v) is 3.88. The fourth-order valence-electron chi connectivity index (χ4n) is 1.99. The third-order valence-electron chi connectivity index (χ3n) is 3.04. The molecule has 4 heteroatoms. The first-order chi connectivity index (χ1) is 10.1. The molecule has 0 unspecified atom stereocenters. The first kappa shape index (κ1) is 14.1. The van der Waals surface area contributed by atoms with Gasteiger partial charge >= 0.3 is 0 Å². The number of rotatable bonds is 3. The highest BCUT2D eigenvalue weighted by molar-refractivity contribution is 9.10. The Balaban J connectivity index is 1.89. The Morgan fingerprint density at radius 3 is 2.76 bits per heavy atom. The molecule has 2 aromatic carbocycles. The Kier molecular flexibility index (Phi) is 3.95. The standard InChI is InChI=1S/C17H10BrClO2/c18-13-6-8-16-12(9-13)10-17(21-16)15(20)7-5-11-3-1-2-4-14(11)19/h1-10H/b7-5+. The number of benzene rings is 2. The zero-order chi connectivity index (χ0) is 14.8. The Hall–Kier alpha value is -1.84. The van der Waals surface area contributed by atoms with Crippen molar-refractivity contribution in [2.75, 3.05) is 0 Å². The number of halogens is 2. The summed E-state index contributed by atoms with van der Waals surface area (Å²) in [7, 11) is 0. The second-order valence-corrected chi connectivity index (χ2v) is 5.83. The van der Waals surface area contributed by atoms with Crippen LogP contribution in [-0.4, -0.2) is 5.78 Å². The van der Waals surface area contributed by atoms with E-state index in [1.165, 1.54) is 6.08 Å². The first-order valence-electron chi connectivity index (χ1n) is 6.29. The van der Waals surface area contributed by atoms with Gasteiger partial charge in [0, 0.05) is 14.9 Å². The largest absolute Gasteiger partial charge is 0.453 e. The molecule has 0 radical (unpaired) electrons. The van der Waals surface area contributed by atoms with Crippen LogP contribution >= 0.6 is 27.5 Å². The van der Waals surface area contributed by atoms with Gasteiger partial charge < -0.3 is 4.42 Å². The van der Waals surface area contributed by atoms with Crippen LogP contribution in [0.3, 0.4) is 0 Å². The third kappa shape index (κ3) is 3.09. The molecule has 3 rings (SSSR count). The highest BCUT2D eigenvalue weighted by Gasteiger charge is 2.10. The molecule has 0 aliphatic carbocycles. The van der Waals surface area contributed by atoms with Crippen molar-refractivity contribution in [2.45, 2.75) is 0 Å². The van der Waals surface area contributed by atoms with E-state index in [-0.39, 0.29) is 5.78 Å². The van der Waals surface area contributed by atoms with Gasteiger partial charge in [-0.1, -0.05) is 45.7 Å². The second-order valence-electron chi connectivity index (χ2n) is 4.51. The van der Waals surface area contributed by atoms with E-state index in [2.05, 4.69) is 15.9 Å². The average molecular weight is 362 g/mol. The summed E-state index contributed by atoms with van der Waals surface area (Å²) >= 11 is 9.44. The molecule has 1 heterocycles. The molecule has 0 N–H and O–H groups in total. The lowest BCUT2D eigenvalue weighted by Gasteiger charge is -1.95. The summed E-state index contributed by atoms with van der Waals surface area (Å²) in [6, 6.07) is 14.7. The normalized spacial score (nSPS) is 11.3. The smallest absolute Gasteiger partial charge is 0.221 e. The average Bonchev–Trinajstić information content (AvgIpc) is 2.89. The lowest BCUT2D eigenvalue weighted by molar-refractivity contribution is 0.102. The van der Waals surface area contributed by atoms with Gasteiger partial charge in [0.25, 0.3) is 0 Å². The van der Waals surface area contributed by atoms with Crippen molar-refractivity contribution in [3.8, 4) is 0 Å². The number of hydrogen-bond acceptors (Lipinski definition) is 2. The zero-order valence-corrected chi connectivity index (χ0v) is 13.2. The summed E-state index contributed by atoms with van der Waals surface area (Å²) in [6.45, 7) is 0. The predicted octanol–water partition coefficient (Wildman–Crippen LogP) is 5.74. The van der Waals surface area contributed by atoms with Crippen LogP contribution in [0, 0.1) is 0 Å². The maximum Gasteiger partial charge on any atom is 0.221 e. The fraction of sp³-hybridized carbons (Fsp3) is 0. The molecule has 0 saturated heterocycles. The molecule has 0 fully saturated rings. The topological polar surface area (TPSA) is 30.2 Å². The zero-order valence-electron chi connectivity index (χ0n) is 10.8. The van der Waals surface area contributed by atoms with Crippen molar-refractivity contribution in [1.29, 1.82) is 0 Å². The number of fused-ring (bicyclic) bond motifs is 1. The SMILES string of the molecule is O=C(/C=C/c1ccccc1Cl)c1cc2cc(Br)ccc2o1.